The summed E-state index contributed by atoms with van der Waals surface area (Å²) in [5.74, 6) is 0.798. The van der Waals surface area contributed by atoms with Gasteiger partial charge in [0.1, 0.15) is 11.6 Å². The fraction of sp³-hybridized carbons (Fsp3) is 0.125. The standard InChI is InChI=1S/C8H8ClN3O/c9-8-6-2-1-5(13)4-12(6)7(3-10)11-8/h1-2,4,13H,3,10H2. The molecular formula is C8H8ClN3O. The van der Waals surface area contributed by atoms with Crippen LogP contribution < -0.4 is 5.73 Å². The van der Waals surface area contributed by atoms with E-state index in [0.29, 0.717) is 11.0 Å². The van der Waals surface area contributed by atoms with Crippen molar-refractivity contribution in [3.8, 4) is 5.75 Å². The van der Waals surface area contributed by atoms with E-state index < -0.39 is 0 Å². The highest BCUT2D eigenvalue weighted by atomic mass is 35.5. The number of pyridine rings is 1. The number of hydrogen-bond acceptors (Lipinski definition) is 3. The Bertz CT molecular complexity index is 452. The lowest BCUT2D eigenvalue weighted by Gasteiger charge is -1.97. The van der Waals surface area contributed by atoms with Crippen molar-refractivity contribution in [3.05, 3.63) is 29.3 Å². The second-order valence-corrected chi connectivity index (χ2v) is 3.02. The fourth-order valence-corrected chi connectivity index (χ4v) is 1.49. The summed E-state index contributed by atoms with van der Waals surface area (Å²) < 4.78 is 1.68. The van der Waals surface area contributed by atoms with Gasteiger partial charge in [0.15, 0.2) is 5.15 Å². The van der Waals surface area contributed by atoms with Crippen LogP contribution >= 0.6 is 11.6 Å². The Morgan fingerprint density at radius 1 is 1.54 bits per heavy atom. The van der Waals surface area contributed by atoms with Gasteiger partial charge in [0.25, 0.3) is 0 Å². The van der Waals surface area contributed by atoms with Crippen molar-refractivity contribution < 1.29 is 5.11 Å². The number of nitrogens with zero attached hydrogens (tertiary/aromatic N) is 2. The van der Waals surface area contributed by atoms with Crippen LogP contribution in [-0.4, -0.2) is 14.5 Å². The lowest BCUT2D eigenvalue weighted by Crippen LogP contribution is -2.01. The van der Waals surface area contributed by atoms with E-state index in [4.69, 9.17) is 17.3 Å². The molecule has 0 aliphatic carbocycles. The maximum Gasteiger partial charge on any atom is 0.155 e. The molecule has 68 valence electrons. The third-order valence-electron chi connectivity index (χ3n) is 1.83. The van der Waals surface area contributed by atoms with Crippen LogP contribution in [0.5, 0.6) is 5.75 Å². The van der Waals surface area contributed by atoms with Crippen molar-refractivity contribution in [2.45, 2.75) is 6.54 Å². The average Bonchev–Trinajstić information content (AvgIpc) is 2.42. The minimum atomic E-state index is 0.163. The van der Waals surface area contributed by atoms with E-state index in [0.717, 1.165) is 5.52 Å². The van der Waals surface area contributed by atoms with Crippen LogP contribution in [0, 0.1) is 0 Å². The molecule has 0 unspecified atom stereocenters. The number of nitrogens with two attached hydrogens (primary N) is 1. The Morgan fingerprint density at radius 3 is 3.00 bits per heavy atom. The molecule has 0 aliphatic rings. The molecule has 0 fully saturated rings. The summed E-state index contributed by atoms with van der Waals surface area (Å²) in [6.07, 6.45) is 1.54. The first-order valence-corrected chi connectivity index (χ1v) is 4.15. The summed E-state index contributed by atoms with van der Waals surface area (Å²) in [5.41, 5.74) is 6.21. The van der Waals surface area contributed by atoms with Gasteiger partial charge in [-0.15, -0.1) is 0 Å². The summed E-state index contributed by atoms with van der Waals surface area (Å²) in [6, 6.07) is 3.26. The highest BCUT2D eigenvalue weighted by molar-refractivity contribution is 6.32. The third-order valence-corrected chi connectivity index (χ3v) is 2.11. The molecular weight excluding hydrogens is 190 g/mol. The lowest BCUT2D eigenvalue weighted by atomic mass is 10.4. The van der Waals surface area contributed by atoms with Crippen molar-refractivity contribution in [2.24, 2.45) is 5.73 Å². The monoisotopic (exact) mass is 197 g/mol. The topological polar surface area (TPSA) is 63.5 Å². The van der Waals surface area contributed by atoms with Crippen LogP contribution in [0.2, 0.25) is 5.15 Å². The normalized spacial score (nSPS) is 10.9. The van der Waals surface area contributed by atoms with Gasteiger partial charge in [-0.05, 0) is 12.1 Å². The SMILES string of the molecule is NCc1nc(Cl)c2ccc(O)cn12. The Labute approximate surface area is 79.6 Å². The largest absolute Gasteiger partial charge is 0.506 e. The van der Waals surface area contributed by atoms with Crippen LogP contribution in [0.4, 0.5) is 0 Å². The van der Waals surface area contributed by atoms with E-state index in [1.807, 2.05) is 0 Å². The zero-order valence-electron chi connectivity index (χ0n) is 6.74. The molecule has 2 heterocycles. The summed E-state index contributed by atoms with van der Waals surface area (Å²) in [7, 11) is 0. The summed E-state index contributed by atoms with van der Waals surface area (Å²) in [6.45, 7) is 0.289. The van der Waals surface area contributed by atoms with Gasteiger partial charge in [0.05, 0.1) is 18.3 Å². The van der Waals surface area contributed by atoms with Gasteiger partial charge < -0.3 is 10.8 Å². The van der Waals surface area contributed by atoms with E-state index in [2.05, 4.69) is 4.98 Å². The van der Waals surface area contributed by atoms with Crippen molar-refractivity contribution >= 4 is 17.1 Å². The number of imidazole rings is 1. The quantitative estimate of drug-likeness (QED) is 0.721. The number of rotatable bonds is 1. The van der Waals surface area contributed by atoms with Crippen LogP contribution in [0.1, 0.15) is 5.82 Å². The second-order valence-electron chi connectivity index (χ2n) is 2.67. The molecule has 2 aromatic heterocycles. The first-order valence-electron chi connectivity index (χ1n) is 3.78. The zero-order chi connectivity index (χ0) is 9.42. The number of aromatic nitrogens is 2. The molecule has 0 bridgehead atoms. The Kier molecular flexibility index (Phi) is 1.86. The number of fused-ring (bicyclic) bond motifs is 1. The molecule has 0 atom stereocenters. The second kappa shape index (κ2) is 2.90. The van der Waals surface area contributed by atoms with Gasteiger partial charge in [-0.3, -0.25) is 4.40 Å². The highest BCUT2D eigenvalue weighted by Crippen LogP contribution is 2.20. The summed E-state index contributed by atoms with van der Waals surface area (Å²) >= 11 is 5.84. The Morgan fingerprint density at radius 2 is 2.31 bits per heavy atom. The molecule has 3 N–H and O–H groups in total. The van der Waals surface area contributed by atoms with Crippen molar-refractivity contribution in [3.63, 3.8) is 0 Å². The molecule has 0 aromatic carbocycles. The number of halogens is 1. The third kappa shape index (κ3) is 1.24. The summed E-state index contributed by atoms with van der Waals surface area (Å²) in [5, 5.41) is 9.63. The zero-order valence-corrected chi connectivity index (χ0v) is 7.49. The van der Waals surface area contributed by atoms with Gasteiger partial charge in [-0.25, -0.2) is 4.98 Å². The molecule has 13 heavy (non-hydrogen) atoms. The minimum absolute atomic E-state index is 0.163. The fourth-order valence-electron chi connectivity index (χ4n) is 1.24. The minimum Gasteiger partial charge on any atom is -0.506 e. The number of hydrogen-bond donors (Lipinski definition) is 2. The van der Waals surface area contributed by atoms with Crippen molar-refractivity contribution in [1.82, 2.24) is 9.38 Å². The van der Waals surface area contributed by atoms with Gasteiger partial charge in [0, 0.05) is 0 Å². The van der Waals surface area contributed by atoms with E-state index in [-0.39, 0.29) is 12.3 Å². The molecule has 0 saturated heterocycles. The molecule has 2 aromatic rings. The molecule has 5 heteroatoms. The predicted molar refractivity (Wildman–Crippen MR) is 49.8 cm³/mol. The Hall–Kier alpha value is -1.26. The molecule has 2 rings (SSSR count). The molecule has 0 saturated carbocycles. The van der Waals surface area contributed by atoms with Gasteiger partial charge in [-0.1, -0.05) is 11.6 Å². The van der Waals surface area contributed by atoms with Crippen LogP contribution in [0.3, 0.4) is 0 Å². The van der Waals surface area contributed by atoms with E-state index >= 15 is 0 Å². The van der Waals surface area contributed by atoms with E-state index in [9.17, 15) is 5.11 Å². The van der Waals surface area contributed by atoms with E-state index in [1.54, 1.807) is 16.5 Å². The average molecular weight is 198 g/mol. The van der Waals surface area contributed by atoms with Gasteiger partial charge in [-0.2, -0.15) is 0 Å². The molecule has 0 radical (unpaired) electrons. The maximum atomic E-state index is 9.23. The first-order chi connectivity index (χ1) is 6.22. The lowest BCUT2D eigenvalue weighted by molar-refractivity contribution is 0.471. The van der Waals surface area contributed by atoms with Crippen LogP contribution in [0.15, 0.2) is 18.3 Å². The van der Waals surface area contributed by atoms with Crippen molar-refractivity contribution in [2.75, 3.05) is 0 Å². The highest BCUT2D eigenvalue weighted by Gasteiger charge is 2.07. The molecule has 0 spiro atoms. The summed E-state index contributed by atoms with van der Waals surface area (Å²) in [4.78, 5) is 4.04. The smallest absolute Gasteiger partial charge is 0.155 e. The van der Waals surface area contributed by atoms with E-state index in [1.165, 1.54) is 6.20 Å². The first kappa shape index (κ1) is 8.34. The van der Waals surface area contributed by atoms with Crippen molar-refractivity contribution in [1.29, 1.82) is 0 Å². The molecule has 0 amide bonds. The predicted octanol–water partition coefficient (Wildman–Crippen LogP) is 1.15. The van der Waals surface area contributed by atoms with Crippen LogP contribution in [-0.2, 0) is 6.54 Å². The van der Waals surface area contributed by atoms with Gasteiger partial charge in [0.2, 0.25) is 0 Å². The van der Waals surface area contributed by atoms with Crippen LogP contribution in [0.25, 0.3) is 5.52 Å². The molecule has 4 nitrogen and oxygen atoms in total. The van der Waals surface area contributed by atoms with Gasteiger partial charge >= 0.3 is 0 Å². The molecule has 0 aliphatic heterocycles. The Balaban J connectivity index is 2.81. The maximum absolute atomic E-state index is 9.23. The number of aromatic hydroxyl groups is 1.